The summed E-state index contributed by atoms with van der Waals surface area (Å²) in [5, 5.41) is 19.9. The highest BCUT2D eigenvalue weighted by atomic mass is 32.2. The number of carboxylic acids is 1. The summed E-state index contributed by atoms with van der Waals surface area (Å²) < 4.78 is 21.2. The quantitative estimate of drug-likeness (QED) is 0.512. The highest BCUT2D eigenvalue weighted by molar-refractivity contribution is 8.14. The molecule has 0 saturated carbocycles. The molecule has 1 aliphatic rings. The van der Waals surface area contributed by atoms with Gasteiger partial charge in [-0.05, 0) is 25.1 Å². The van der Waals surface area contributed by atoms with Crippen LogP contribution in [0.1, 0.15) is 12.5 Å². The molecule has 0 aromatic heterocycles. The molecule has 0 fully saturated rings. The lowest BCUT2D eigenvalue weighted by Gasteiger charge is -2.12. The van der Waals surface area contributed by atoms with Crippen molar-refractivity contribution >= 4 is 22.8 Å². The monoisotopic (exact) mass is 399 g/mol. The molecule has 0 amide bonds. The molecule has 1 aliphatic heterocycles. The minimum Gasteiger partial charge on any atom is -0.507 e. The Morgan fingerprint density at radius 3 is 2.48 bits per heavy atom. The molecule has 2 N–H and O–H groups in total. The topological polar surface area (TPSA) is 107 Å². The second-order valence-electron chi connectivity index (χ2n) is 6.03. The molecule has 0 spiro atoms. The van der Waals surface area contributed by atoms with E-state index in [0.29, 0.717) is 61.8 Å². The lowest BCUT2D eigenvalue weighted by Crippen LogP contribution is -2.33. The number of carboxylic acid groups (broad SMARTS) is 1. The summed E-state index contributed by atoms with van der Waals surface area (Å²) in [5.41, 5.74) is -0.711. The smallest absolute Gasteiger partial charge is 0.332 e. The number of hydrogen-bond donors (Lipinski definition) is 2. The van der Waals surface area contributed by atoms with Crippen LogP contribution in [0.3, 0.4) is 0 Å². The van der Waals surface area contributed by atoms with E-state index in [1.54, 1.807) is 26.2 Å². The molecule has 27 heavy (non-hydrogen) atoms. The van der Waals surface area contributed by atoms with E-state index in [4.69, 9.17) is 18.9 Å². The van der Waals surface area contributed by atoms with Crippen molar-refractivity contribution in [2.45, 2.75) is 12.5 Å². The van der Waals surface area contributed by atoms with Crippen molar-refractivity contribution in [1.82, 2.24) is 0 Å². The highest BCUT2D eigenvalue weighted by Crippen LogP contribution is 2.35. The number of aliphatic imine (C=N–C) groups is 1. The minimum atomic E-state index is -1.18. The van der Waals surface area contributed by atoms with Gasteiger partial charge in [-0.1, -0.05) is 0 Å². The molecule has 9 heteroatoms. The molecule has 8 nitrogen and oxygen atoms in total. The van der Waals surface area contributed by atoms with Crippen LogP contribution in [0, 0.1) is 0 Å². The van der Waals surface area contributed by atoms with Gasteiger partial charge in [-0.15, -0.1) is 11.8 Å². The summed E-state index contributed by atoms with van der Waals surface area (Å²) in [6, 6.07) is 4.81. The van der Waals surface area contributed by atoms with Crippen LogP contribution in [0.15, 0.2) is 23.2 Å². The summed E-state index contributed by atoms with van der Waals surface area (Å²) in [4.78, 5) is 15.6. The largest absolute Gasteiger partial charge is 0.507 e. The molecule has 0 saturated heterocycles. The Labute approximate surface area is 162 Å². The highest BCUT2D eigenvalue weighted by Gasteiger charge is 2.39. The molecule has 1 aromatic carbocycles. The van der Waals surface area contributed by atoms with Crippen molar-refractivity contribution in [3.05, 3.63) is 23.8 Å². The van der Waals surface area contributed by atoms with Crippen LogP contribution >= 0.6 is 11.8 Å². The summed E-state index contributed by atoms with van der Waals surface area (Å²) in [5.74, 6) is -0.0782. The Balaban J connectivity index is 1.81. The van der Waals surface area contributed by atoms with Gasteiger partial charge in [0.1, 0.15) is 23.1 Å². The Hall–Kier alpha value is -1.81. The molecule has 0 radical (unpaired) electrons. The van der Waals surface area contributed by atoms with Gasteiger partial charge in [0.2, 0.25) is 0 Å². The van der Waals surface area contributed by atoms with Crippen molar-refractivity contribution < 1.29 is 34.0 Å². The second-order valence-corrected chi connectivity index (χ2v) is 6.99. The van der Waals surface area contributed by atoms with Gasteiger partial charge in [0.15, 0.2) is 5.54 Å². The first-order valence-electron chi connectivity index (χ1n) is 8.53. The van der Waals surface area contributed by atoms with Crippen LogP contribution in [0.2, 0.25) is 0 Å². The van der Waals surface area contributed by atoms with Crippen molar-refractivity contribution in [3.8, 4) is 11.5 Å². The molecule has 1 unspecified atom stereocenters. The molecule has 1 heterocycles. The maximum absolute atomic E-state index is 11.3. The van der Waals surface area contributed by atoms with Crippen molar-refractivity contribution in [2.24, 2.45) is 4.99 Å². The van der Waals surface area contributed by atoms with Crippen molar-refractivity contribution in [2.75, 3.05) is 52.5 Å². The fourth-order valence-electron chi connectivity index (χ4n) is 2.20. The standard InChI is InChI=1S/C18H25NO7S/c1-18(17(21)22)12-27-16(19-18)14-11-13(3-4-15(14)20)26-10-9-25-8-7-24-6-5-23-2/h3-4,11,20H,5-10,12H2,1-2H3,(H,21,22). The predicted octanol–water partition coefficient (Wildman–Crippen LogP) is 1.79. The first-order valence-corrected chi connectivity index (χ1v) is 9.51. The first kappa shape index (κ1) is 21.5. The third-order valence-corrected chi connectivity index (χ3v) is 5.09. The van der Waals surface area contributed by atoms with E-state index in [1.165, 1.54) is 17.8 Å². The third kappa shape index (κ3) is 6.39. The van der Waals surface area contributed by atoms with Crippen LogP contribution in [0.25, 0.3) is 0 Å². The number of phenolic OH excluding ortho intramolecular Hbond substituents is 1. The molecule has 150 valence electrons. The fraction of sp³-hybridized carbons (Fsp3) is 0.556. The van der Waals surface area contributed by atoms with E-state index in [1.807, 2.05) is 0 Å². The van der Waals surface area contributed by atoms with Gasteiger partial charge >= 0.3 is 5.97 Å². The third-order valence-electron chi connectivity index (χ3n) is 3.80. The van der Waals surface area contributed by atoms with E-state index in [0.717, 1.165) is 0 Å². The summed E-state index contributed by atoms with van der Waals surface area (Å²) >= 11 is 1.30. The van der Waals surface area contributed by atoms with Gasteiger partial charge in [0.25, 0.3) is 0 Å². The lowest BCUT2D eigenvalue weighted by atomic mass is 10.1. The van der Waals surface area contributed by atoms with Gasteiger partial charge < -0.3 is 29.2 Å². The van der Waals surface area contributed by atoms with Gasteiger partial charge in [0, 0.05) is 12.9 Å². The maximum atomic E-state index is 11.3. The molecule has 0 bridgehead atoms. The number of aliphatic carboxylic acids is 1. The zero-order chi connectivity index (χ0) is 19.7. The molecule has 1 atom stereocenters. The van der Waals surface area contributed by atoms with Crippen LogP contribution < -0.4 is 4.74 Å². The first-order chi connectivity index (χ1) is 13.0. The average Bonchev–Trinajstić information content (AvgIpc) is 3.05. The number of aromatic hydroxyl groups is 1. The van der Waals surface area contributed by atoms with Gasteiger partial charge in [-0.2, -0.15) is 0 Å². The Bertz CT molecular complexity index is 667. The number of carbonyl (C=O) groups is 1. The number of nitrogens with zero attached hydrogens (tertiary/aromatic N) is 1. The van der Waals surface area contributed by atoms with Crippen LogP contribution in [0.5, 0.6) is 11.5 Å². The predicted molar refractivity (Wildman–Crippen MR) is 102 cm³/mol. The molecule has 2 rings (SSSR count). The van der Waals surface area contributed by atoms with Crippen molar-refractivity contribution in [3.63, 3.8) is 0 Å². The Kier molecular flexibility index (Phi) is 8.36. The number of rotatable bonds is 12. The zero-order valence-electron chi connectivity index (χ0n) is 15.5. The van der Waals surface area contributed by atoms with Crippen LogP contribution in [-0.2, 0) is 19.0 Å². The van der Waals surface area contributed by atoms with Crippen LogP contribution in [-0.4, -0.2) is 79.3 Å². The summed E-state index contributed by atoms with van der Waals surface area (Å²) in [7, 11) is 1.62. The van der Waals surface area contributed by atoms with E-state index in [2.05, 4.69) is 4.99 Å². The number of methoxy groups -OCH3 is 1. The number of hydrogen-bond acceptors (Lipinski definition) is 8. The van der Waals surface area contributed by atoms with Gasteiger partial charge in [-0.3, -0.25) is 4.99 Å². The van der Waals surface area contributed by atoms with E-state index >= 15 is 0 Å². The summed E-state index contributed by atoms with van der Waals surface area (Å²) in [6.45, 7) is 4.35. The Morgan fingerprint density at radius 2 is 1.85 bits per heavy atom. The number of thioether (sulfide) groups is 1. The van der Waals surface area contributed by atoms with Crippen LogP contribution in [0.4, 0.5) is 0 Å². The zero-order valence-corrected chi connectivity index (χ0v) is 16.3. The molecular formula is C18H25NO7S. The number of ether oxygens (including phenoxy) is 4. The second kappa shape index (κ2) is 10.5. The van der Waals surface area contributed by atoms with E-state index in [-0.39, 0.29) is 5.75 Å². The van der Waals surface area contributed by atoms with E-state index < -0.39 is 11.5 Å². The molecular weight excluding hydrogens is 374 g/mol. The van der Waals surface area contributed by atoms with Gasteiger partial charge in [-0.25, -0.2) is 4.79 Å². The average molecular weight is 399 g/mol. The van der Waals surface area contributed by atoms with Crippen molar-refractivity contribution in [1.29, 1.82) is 0 Å². The Morgan fingerprint density at radius 1 is 1.19 bits per heavy atom. The number of benzene rings is 1. The number of phenols is 1. The molecule has 0 aliphatic carbocycles. The van der Waals surface area contributed by atoms with E-state index in [9.17, 15) is 15.0 Å². The molecule has 1 aromatic rings. The fourth-order valence-corrected chi connectivity index (χ4v) is 3.39. The maximum Gasteiger partial charge on any atom is 0.332 e. The normalized spacial score (nSPS) is 19.1. The SMILES string of the molecule is COCCOCCOCCOc1ccc(O)c(C2=NC(C)(C(=O)O)CS2)c1. The summed E-state index contributed by atoms with van der Waals surface area (Å²) in [6.07, 6.45) is 0. The lowest BCUT2D eigenvalue weighted by molar-refractivity contribution is -0.141. The minimum absolute atomic E-state index is 0.0349. The van der Waals surface area contributed by atoms with Gasteiger partial charge in [0.05, 0.1) is 38.6 Å².